The van der Waals surface area contributed by atoms with Gasteiger partial charge in [-0.3, -0.25) is 0 Å². The van der Waals surface area contributed by atoms with Crippen LogP contribution in [0.3, 0.4) is 0 Å². The van der Waals surface area contributed by atoms with Crippen molar-refractivity contribution in [1.82, 2.24) is 0 Å². The molecule has 0 saturated carbocycles. The minimum atomic E-state index is -1.79. The van der Waals surface area contributed by atoms with Gasteiger partial charge in [0.1, 0.15) is 4.21 Å². The minimum Gasteiger partial charge on any atom is -0.302 e. The third-order valence-electron chi connectivity index (χ3n) is 1.16. The molecule has 1 rings (SSSR count). The Hall–Kier alpha value is -0.190. The fourth-order valence-electron chi connectivity index (χ4n) is 0.642. The summed E-state index contributed by atoms with van der Waals surface area (Å²) in [6, 6.07) is 3.58. The lowest BCUT2D eigenvalue weighted by molar-refractivity contribution is 0.566. The zero-order chi connectivity index (χ0) is 7.56. The number of hydrogen-bond donors (Lipinski definition) is 1. The Balaban J connectivity index is 2.88. The number of hydrogen-bond acceptors (Lipinski definition) is 2. The van der Waals surface area contributed by atoms with Crippen molar-refractivity contribution < 1.29 is 8.76 Å². The second kappa shape index (κ2) is 3.27. The third kappa shape index (κ3) is 1.65. The van der Waals surface area contributed by atoms with Gasteiger partial charge in [0.25, 0.3) is 0 Å². The van der Waals surface area contributed by atoms with Crippen molar-refractivity contribution in [2.24, 2.45) is 0 Å². The van der Waals surface area contributed by atoms with Gasteiger partial charge in [-0.05, 0) is 18.6 Å². The van der Waals surface area contributed by atoms with E-state index in [0.717, 1.165) is 11.3 Å². The maximum atomic E-state index is 10.5. The standard InChI is InChI=1S/C6H8O2S2/c1-2-5-3-4-6(9-5)10(7)8/h3-4H,2H2,1H3,(H,7,8). The first-order valence-corrected chi connectivity index (χ1v) is 4.86. The summed E-state index contributed by atoms with van der Waals surface area (Å²) in [4.78, 5) is 1.15. The predicted octanol–water partition coefficient (Wildman–Crippen LogP) is 1.89. The van der Waals surface area contributed by atoms with Gasteiger partial charge in [-0.15, -0.1) is 11.3 Å². The molecular formula is C6H8O2S2. The fraction of sp³-hybridized carbons (Fsp3) is 0.333. The van der Waals surface area contributed by atoms with E-state index in [9.17, 15) is 4.21 Å². The van der Waals surface area contributed by atoms with Crippen LogP contribution >= 0.6 is 11.3 Å². The Morgan fingerprint density at radius 1 is 1.70 bits per heavy atom. The Kier molecular flexibility index (Phi) is 2.59. The molecule has 56 valence electrons. The van der Waals surface area contributed by atoms with Crippen LogP contribution in [-0.2, 0) is 17.5 Å². The van der Waals surface area contributed by atoms with Gasteiger partial charge in [0, 0.05) is 4.88 Å². The van der Waals surface area contributed by atoms with E-state index in [1.807, 2.05) is 13.0 Å². The summed E-state index contributed by atoms with van der Waals surface area (Å²) >= 11 is -0.400. The van der Waals surface area contributed by atoms with Gasteiger partial charge in [0.05, 0.1) is 0 Å². The third-order valence-corrected chi connectivity index (χ3v) is 3.34. The zero-order valence-corrected chi connectivity index (χ0v) is 7.17. The highest BCUT2D eigenvalue weighted by atomic mass is 32.2. The highest BCUT2D eigenvalue weighted by Crippen LogP contribution is 2.18. The Morgan fingerprint density at radius 2 is 2.40 bits per heavy atom. The van der Waals surface area contributed by atoms with Crippen molar-refractivity contribution in [1.29, 1.82) is 0 Å². The van der Waals surface area contributed by atoms with Gasteiger partial charge >= 0.3 is 0 Å². The summed E-state index contributed by atoms with van der Waals surface area (Å²) in [5.74, 6) is 0. The van der Waals surface area contributed by atoms with Gasteiger partial charge in [-0.25, -0.2) is 4.21 Å². The number of rotatable bonds is 2. The lowest BCUT2D eigenvalue weighted by atomic mass is 10.4. The minimum absolute atomic E-state index is 0.539. The first-order chi connectivity index (χ1) is 4.74. The van der Waals surface area contributed by atoms with Gasteiger partial charge in [0.2, 0.25) is 0 Å². The molecule has 0 radical (unpaired) electrons. The number of thiophene rings is 1. The lowest BCUT2D eigenvalue weighted by Gasteiger charge is -1.84. The van der Waals surface area contributed by atoms with Gasteiger partial charge in [-0.2, -0.15) is 0 Å². The molecule has 0 fully saturated rings. The van der Waals surface area contributed by atoms with Crippen molar-refractivity contribution >= 4 is 22.4 Å². The molecule has 4 heteroatoms. The molecule has 0 aromatic carbocycles. The van der Waals surface area contributed by atoms with E-state index in [0.29, 0.717) is 4.21 Å². The summed E-state index contributed by atoms with van der Waals surface area (Å²) in [5, 5.41) is 0. The number of aryl methyl sites for hydroxylation is 1. The van der Waals surface area contributed by atoms with Crippen LogP contribution in [0.1, 0.15) is 11.8 Å². The second-order valence-electron chi connectivity index (χ2n) is 1.82. The second-order valence-corrected chi connectivity index (χ2v) is 4.19. The Morgan fingerprint density at radius 3 is 2.70 bits per heavy atom. The van der Waals surface area contributed by atoms with Crippen LogP contribution in [0.4, 0.5) is 0 Å². The first kappa shape index (κ1) is 7.91. The van der Waals surface area contributed by atoms with Gasteiger partial charge in [-0.1, -0.05) is 6.92 Å². The van der Waals surface area contributed by atoms with Crippen molar-refractivity contribution in [2.75, 3.05) is 0 Å². The summed E-state index contributed by atoms with van der Waals surface area (Å²) in [7, 11) is 0. The molecule has 1 unspecified atom stereocenters. The van der Waals surface area contributed by atoms with Crippen LogP contribution in [0.5, 0.6) is 0 Å². The van der Waals surface area contributed by atoms with E-state index in [-0.39, 0.29) is 0 Å². The quantitative estimate of drug-likeness (QED) is 0.699. The van der Waals surface area contributed by atoms with E-state index >= 15 is 0 Å². The average Bonchev–Trinajstić information content (AvgIpc) is 2.34. The molecule has 1 atom stereocenters. The molecule has 0 aliphatic heterocycles. The molecule has 1 aromatic rings. The molecule has 0 aliphatic carbocycles. The molecule has 0 aliphatic rings. The van der Waals surface area contributed by atoms with Crippen molar-refractivity contribution in [3.8, 4) is 0 Å². The topological polar surface area (TPSA) is 37.3 Å². The maximum absolute atomic E-state index is 10.5. The van der Waals surface area contributed by atoms with E-state index in [1.165, 1.54) is 11.3 Å². The van der Waals surface area contributed by atoms with Gasteiger partial charge < -0.3 is 4.55 Å². The normalized spacial score (nSPS) is 13.4. The molecular weight excluding hydrogens is 168 g/mol. The van der Waals surface area contributed by atoms with E-state index in [2.05, 4.69) is 0 Å². The Labute approximate surface area is 66.2 Å². The monoisotopic (exact) mass is 176 g/mol. The van der Waals surface area contributed by atoms with Crippen molar-refractivity contribution in [2.45, 2.75) is 17.6 Å². The first-order valence-electron chi connectivity index (χ1n) is 2.93. The molecule has 0 amide bonds. The van der Waals surface area contributed by atoms with E-state index in [1.54, 1.807) is 6.07 Å². The largest absolute Gasteiger partial charge is 0.302 e. The molecule has 10 heavy (non-hydrogen) atoms. The molecule has 1 N–H and O–H groups in total. The summed E-state index contributed by atoms with van der Waals surface area (Å²) < 4.78 is 19.6. The van der Waals surface area contributed by atoms with Crippen LogP contribution in [0, 0.1) is 0 Å². The molecule has 1 heterocycles. The van der Waals surface area contributed by atoms with E-state index in [4.69, 9.17) is 4.55 Å². The summed E-state index contributed by atoms with van der Waals surface area (Å²) in [5.41, 5.74) is 0. The molecule has 2 nitrogen and oxygen atoms in total. The van der Waals surface area contributed by atoms with E-state index < -0.39 is 11.1 Å². The average molecular weight is 176 g/mol. The molecule has 0 bridgehead atoms. The van der Waals surface area contributed by atoms with Crippen LogP contribution < -0.4 is 0 Å². The van der Waals surface area contributed by atoms with Crippen molar-refractivity contribution in [3.05, 3.63) is 17.0 Å². The summed E-state index contributed by atoms with van der Waals surface area (Å²) in [6.07, 6.45) is 0.932. The van der Waals surface area contributed by atoms with Crippen LogP contribution in [0.15, 0.2) is 16.3 Å². The highest BCUT2D eigenvalue weighted by molar-refractivity contribution is 7.81. The fourth-order valence-corrected chi connectivity index (χ4v) is 2.11. The zero-order valence-electron chi connectivity index (χ0n) is 5.53. The van der Waals surface area contributed by atoms with Crippen LogP contribution in [0.2, 0.25) is 0 Å². The molecule has 0 saturated heterocycles. The maximum Gasteiger partial charge on any atom is 0.196 e. The van der Waals surface area contributed by atoms with Crippen molar-refractivity contribution in [3.63, 3.8) is 0 Å². The highest BCUT2D eigenvalue weighted by Gasteiger charge is 2.02. The Bertz CT molecular complexity index is 242. The SMILES string of the molecule is CCc1ccc(S(=O)O)s1. The predicted molar refractivity (Wildman–Crippen MR) is 42.7 cm³/mol. The van der Waals surface area contributed by atoms with Gasteiger partial charge in [0.15, 0.2) is 11.1 Å². The molecule has 1 aromatic heterocycles. The van der Waals surface area contributed by atoms with Crippen LogP contribution in [-0.4, -0.2) is 8.76 Å². The summed E-state index contributed by atoms with van der Waals surface area (Å²) in [6.45, 7) is 2.02. The molecule has 0 spiro atoms. The smallest absolute Gasteiger partial charge is 0.196 e. The van der Waals surface area contributed by atoms with Crippen LogP contribution in [0.25, 0.3) is 0 Å². The lowest BCUT2D eigenvalue weighted by Crippen LogP contribution is -1.79.